The molecule has 0 atom stereocenters. The van der Waals surface area contributed by atoms with Gasteiger partial charge in [0, 0.05) is 30.8 Å². The van der Waals surface area contributed by atoms with Crippen LogP contribution in [0.25, 0.3) is 11.2 Å². The van der Waals surface area contributed by atoms with Crippen LogP contribution in [0.3, 0.4) is 0 Å². The fraction of sp³-hybridized carbons (Fsp3) is 0.500. The molecule has 0 N–H and O–H groups in total. The van der Waals surface area contributed by atoms with Gasteiger partial charge in [-0.2, -0.15) is 4.80 Å². The van der Waals surface area contributed by atoms with E-state index in [9.17, 15) is 8.78 Å². The van der Waals surface area contributed by atoms with Crippen LogP contribution in [0, 0.1) is 0 Å². The first-order valence-electron chi connectivity index (χ1n) is 8.86. The first kappa shape index (κ1) is 17.7. The van der Waals surface area contributed by atoms with Gasteiger partial charge in [0.2, 0.25) is 5.65 Å². The van der Waals surface area contributed by atoms with Gasteiger partial charge in [-0.15, -0.1) is 10.2 Å². The van der Waals surface area contributed by atoms with E-state index in [0.717, 1.165) is 5.56 Å². The van der Waals surface area contributed by atoms with Crippen LogP contribution in [0.1, 0.15) is 38.6 Å². The summed E-state index contributed by atoms with van der Waals surface area (Å²) in [5.74, 6) is -1.72. The Labute approximate surface area is 155 Å². The highest BCUT2D eigenvalue weighted by atomic mass is 19.3. The number of halogens is 2. The lowest BCUT2D eigenvalue weighted by atomic mass is 9.96. The molecule has 4 heterocycles. The van der Waals surface area contributed by atoms with Crippen molar-refractivity contribution in [1.29, 1.82) is 0 Å². The summed E-state index contributed by atoms with van der Waals surface area (Å²) in [7, 11) is 0. The Morgan fingerprint density at radius 1 is 1.11 bits per heavy atom. The second-order valence-electron chi connectivity index (χ2n) is 7.91. The highest BCUT2D eigenvalue weighted by Crippen LogP contribution is 2.33. The monoisotopic (exact) mass is 373 g/mol. The second-order valence-corrected chi connectivity index (χ2v) is 7.91. The molecule has 0 radical (unpaired) electrons. The molecule has 7 nitrogen and oxygen atoms in total. The molecule has 1 aliphatic heterocycles. The Bertz CT molecular complexity index is 963. The number of anilines is 1. The van der Waals surface area contributed by atoms with Gasteiger partial charge >= 0.3 is 0 Å². The molecule has 1 fully saturated rings. The maximum atomic E-state index is 13.8. The van der Waals surface area contributed by atoms with Crippen LogP contribution < -0.4 is 4.90 Å². The molecule has 0 aromatic carbocycles. The average Bonchev–Trinajstić information content (AvgIpc) is 3.16. The smallest absolute Gasteiger partial charge is 0.266 e. The van der Waals surface area contributed by atoms with Crippen molar-refractivity contribution in [2.75, 3.05) is 18.0 Å². The van der Waals surface area contributed by atoms with Gasteiger partial charge in [-0.1, -0.05) is 20.8 Å². The normalized spacial score (nSPS) is 17.0. The summed E-state index contributed by atoms with van der Waals surface area (Å²) in [5.41, 5.74) is 1.53. The van der Waals surface area contributed by atoms with Crippen molar-refractivity contribution in [1.82, 2.24) is 29.9 Å². The molecule has 0 amide bonds. The molecular weight excluding hydrogens is 352 g/mol. The van der Waals surface area contributed by atoms with Crippen LogP contribution >= 0.6 is 0 Å². The van der Waals surface area contributed by atoms with Gasteiger partial charge in [0.1, 0.15) is 5.82 Å². The van der Waals surface area contributed by atoms with Crippen LogP contribution in [0.4, 0.5) is 14.6 Å². The van der Waals surface area contributed by atoms with Crippen LogP contribution in [0.5, 0.6) is 0 Å². The molecule has 0 unspecified atom stereocenters. The number of nitrogens with zero attached hydrogens (tertiary/aromatic N) is 7. The number of aromatic nitrogens is 6. The van der Waals surface area contributed by atoms with Gasteiger partial charge in [0.15, 0.2) is 11.3 Å². The van der Waals surface area contributed by atoms with Crippen molar-refractivity contribution >= 4 is 17.0 Å². The summed E-state index contributed by atoms with van der Waals surface area (Å²) in [6, 6.07) is 3.75. The largest absolute Gasteiger partial charge is 0.348 e. The molecule has 142 valence electrons. The van der Waals surface area contributed by atoms with Crippen molar-refractivity contribution in [2.24, 2.45) is 0 Å². The van der Waals surface area contributed by atoms with Crippen LogP contribution in [-0.4, -0.2) is 49.0 Å². The zero-order valence-corrected chi connectivity index (χ0v) is 15.5. The number of hydrogen-bond donors (Lipinski definition) is 0. The maximum Gasteiger partial charge on any atom is 0.266 e. The zero-order valence-electron chi connectivity index (χ0n) is 15.5. The Kier molecular flexibility index (Phi) is 4.05. The van der Waals surface area contributed by atoms with Crippen LogP contribution in [0.15, 0.2) is 24.5 Å². The van der Waals surface area contributed by atoms with Gasteiger partial charge in [0.25, 0.3) is 5.92 Å². The predicted molar refractivity (Wildman–Crippen MR) is 96.9 cm³/mol. The maximum absolute atomic E-state index is 13.8. The van der Waals surface area contributed by atoms with Crippen LogP contribution in [0.2, 0.25) is 0 Å². The minimum Gasteiger partial charge on any atom is -0.348 e. The van der Waals surface area contributed by atoms with E-state index in [1.807, 2.05) is 32.9 Å². The Morgan fingerprint density at radius 3 is 2.48 bits per heavy atom. The molecule has 3 aromatic rings. The zero-order chi connectivity index (χ0) is 19.2. The fourth-order valence-corrected chi connectivity index (χ4v) is 3.03. The summed E-state index contributed by atoms with van der Waals surface area (Å²) in [6.07, 6.45) is 3.22. The number of rotatable bonds is 3. The number of alkyl halides is 2. The molecule has 0 spiro atoms. The third-order valence-electron chi connectivity index (χ3n) is 4.49. The molecule has 0 bridgehead atoms. The van der Waals surface area contributed by atoms with Gasteiger partial charge in [0.05, 0.1) is 13.1 Å². The lowest BCUT2D eigenvalue weighted by molar-refractivity contribution is 0.0257. The van der Waals surface area contributed by atoms with E-state index in [1.54, 1.807) is 17.3 Å². The summed E-state index contributed by atoms with van der Waals surface area (Å²) < 4.78 is 27.6. The lowest BCUT2D eigenvalue weighted by Crippen LogP contribution is -2.27. The lowest BCUT2D eigenvalue weighted by Gasteiger charge is -2.21. The minimum atomic E-state index is -2.72. The molecule has 3 aromatic heterocycles. The van der Waals surface area contributed by atoms with Gasteiger partial charge in [-0.3, -0.25) is 4.98 Å². The molecule has 0 saturated carbocycles. The van der Waals surface area contributed by atoms with Crippen molar-refractivity contribution in [3.05, 3.63) is 35.9 Å². The van der Waals surface area contributed by atoms with Gasteiger partial charge in [-0.25, -0.2) is 18.7 Å². The standard InChI is InChI=1S/C18H21F2N7/c1-17(2,3)16-22-14-13(15(23-16)26-9-6-18(19,20)11-26)24-27(25-14)10-12-4-7-21-8-5-12/h4-5,7-8H,6,9-11H2,1-3H3. The second kappa shape index (κ2) is 6.17. The summed E-state index contributed by atoms with van der Waals surface area (Å²) in [4.78, 5) is 16.3. The number of hydrogen-bond acceptors (Lipinski definition) is 6. The van der Waals surface area contributed by atoms with Gasteiger partial charge < -0.3 is 4.90 Å². The third kappa shape index (κ3) is 3.58. The Morgan fingerprint density at radius 2 is 1.85 bits per heavy atom. The fourth-order valence-electron chi connectivity index (χ4n) is 3.03. The van der Waals surface area contributed by atoms with Crippen LogP contribution in [-0.2, 0) is 12.0 Å². The quantitative estimate of drug-likeness (QED) is 0.703. The summed E-state index contributed by atoms with van der Waals surface area (Å²) in [5, 5.41) is 8.97. The average molecular weight is 373 g/mol. The highest BCUT2D eigenvalue weighted by molar-refractivity contribution is 5.82. The molecule has 27 heavy (non-hydrogen) atoms. The van der Waals surface area contributed by atoms with E-state index in [1.165, 1.54) is 4.80 Å². The van der Waals surface area contributed by atoms with Crippen molar-refractivity contribution in [3.63, 3.8) is 0 Å². The van der Waals surface area contributed by atoms with E-state index in [4.69, 9.17) is 0 Å². The molecule has 4 rings (SSSR count). The first-order chi connectivity index (χ1) is 12.7. The molecule has 0 aliphatic carbocycles. The molecule has 1 saturated heterocycles. The first-order valence-corrected chi connectivity index (χ1v) is 8.86. The van der Waals surface area contributed by atoms with Crippen molar-refractivity contribution < 1.29 is 8.78 Å². The summed E-state index contributed by atoms with van der Waals surface area (Å²) in [6.45, 7) is 6.27. The topological polar surface area (TPSA) is 72.6 Å². The Hall–Kier alpha value is -2.71. The van der Waals surface area contributed by atoms with E-state index in [-0.39, 0.29) is 24.9 Å². The minimum absolute atomic E-state index is 0.186. The Balaban J connectivity index is 1.79. The molecule has 9 heteroatoms. The van der Waals surface area contributed by atoms with E-state index in [0.29, 0.717) is 29.4 Å². The van der Waals surface area contributed by atoms with E-state index >= 15 is 0 Å². The highest BCUT2D eigenvalue weighted by Gasteiger charge is 2.40. The van der Waals surface area contributed by atoms with Crippen molar-refractivity contribution in [3.8, 4) is 0 Å². The van der Waals surface area contributed by atoms with E-state index < -0.39 is 5.92 Å². The number of fused-ring (bicyclic) bond motifs is 1. The summed E-state index contributed by atoms with van der Waals surface area (Å²) >= 11 is 0. The third-order valence-corrected chi connectivity index (χ3v) is 4.49. The molecule has 1 aliphatic rings. The van der Waals surface area contributed by atoms with Crippen molar-refractivity contribution in [2.45, 2.75) is 45.1 Å². The molecular formula is C18H21F2N7. The van der Waals surface area contributed by atoms with E-state index in [2.05, 4.69) is 25.1 Å². The SMILES string of the molecule is CC(C)(C)c1nc(N2CCC(F)(F)C2)c2nn(Cc3ccncc3)nc2n1. The number of pyridine rings is 1. The van der Waals surface area contributed by atoms with Gasteiger partial charge in [-0.05, 0) is 17.7 Å². The predicted octanol–water partition coefficient (Wildman–Crippen LogP) is 2.81.